The minimum Gasteiger partial charge on any atom is -0.465 e. The van der Waals surface area contributed by atoms with Gasteiger partial charge in [-0.25, -0.2) is 0 Å². The summed E-state index contributed by atoms with van der Waals surface area (Å²) in [7, 11) is 0. The van der Waals surface area contributed by atoms with Crippen LogP contribution in [0.3, 0.4) is 0 Å². The molecule has 1 aliphatic carbocycles. The number of aliphatic hydroxyl groups is 1. The molecule has 0 aromatic heterocycles. The van der Waals surface area contributed by atoms with Crippen LogP contribution in [0.15, 0.2) is 0 Å². The molecule has 0 saturated heterocycles. The Morgan fingerprint density at radius 1 is 0.920 bits per heavy atom. The summed E-state index contributed by atoms with van der Waals surface area (Å²) in [5.74, 6) is 0.960. The quantitative estimate of drug-likeness (QED) is 0.683. The van der Waals surface area contributed by atoms with Gasteiger partial charge < -0.3 is 9.84 Å². The highest BCUT2D eigenvalue weighted by atomic mass is 16.5. The van der Waals surface area contributed by atoms with Gasteiger partial charge in [0.05, 0.1) is 12.7 Å². The van der Waals surface area contributed by atoms with Crippen molar-refractivity contribution >= 4 is 5.97 Å². The number of esters is 1. The van der Waals surface area contributed by atoms with E-state index in [2.05, 4.69) is 62.3 Å². The molecule has 1 saturated carbocycles. The zero-order valence-corrected chi connectivity index (χ0v) is 18.1. The predicted molar refractivity (Wildman–Crippen MR) is 104 cm³/mol. The molecule has 0 aromatic rings. The fraction of sp³-hybridized carbons (Fsp3) is 0.955. The van der Waals surface area contributed by atoms with Crippen LogP contribution >= 0.6 is 0 Å². The molecule has 3 heteroatoms. The molecular weight excluding hydrogens is 312 g/mol. The lowest BCUT2D eigenvalue weighted by atomic mass is 9.58. The molecule has 148 valence electrons. The highest BCUT2D eigenvalue weighted by Gasteiger charge is 2.45. The van der Waals surface area contributed by atoms with Crippen LogP contribution in [0.1, 0.15) is 88.0 Å². The van der Waals surface area contributed by atoms with Crippen molar-refractivity contribution in [2.45, 2.75) is 94.1 Å². The van der Waals surface area contributed by atoms with E-state index < -0.39 is 0 Å². The lowest BCUT2D eigenvalue weighted by Crippen LogP contribution is -2.47. The van der Waals surface area contributed by atoms with Crippen LogP contribution in [-0.2, 0) is 9.53 Å². The van der Waals surface area contributed by atoms with Crippen LogP contribution in [0.2, 0.25) is 0 Å². The minimum absolute atomic E-state index is 0.0132. The summed E-state index contributed by atoms with van der Waals surface area (Å²) in [4.78, 5) is 12.1. The van der Waals surface area contributed by atoms with Gasteiger partial charge >= 0.3 is 5.97 Å². The third kappa shape index (κ3) is 7.29. The second-order valence-corrected chi connectivity index (χ2v) is 11.5. The fourth-order valence-electron chi connectivity index (χ4n) is 4.03. The van der Waals surface area contributed by atoms with E-state index in [4.69, 9.17) is 4.74 Å². The van der Waals surface area contributed by atoms with E-state index in [0.717, 1.165) is 19.3 Å². The van der Waals surface area contributed by atoms with E-state index in [1.807, 2.05) is 0 Å². The average molecular weight is 355 g/mol. The normalized spacial score (nSPS) is 28.7. The van der Waals surface area contributed by atoms with Crippen LogP contribution in [0.25, 0.3) is 0 Å². The molecule has 3 nitrogen and oxygen atoms in total. The first kappa shape index (κ1) is 22.5. The third-order valence-corrected chi connectivity index (χ3v) is 5.65. The Kier molecular flexibility index (Phi) is 7.17. The van der Waals surface area contributed by atoms with E-state index in [1.54, 1.807) is 0 Å². The molecule has 1 fully saturated rings. The monoisotopic (exact) mass is 354 g/mol. The SMILES string of the molecule is CC(C)(C)COC(=O)CCC1CC(C(C)(C)C)C(O)C(C(C)(C)C)C1. The second-order valence-electron chi connectivity index (χ2n) is 11.5. The number of carbonyl (C=O) groups is 1. The van der Waals surface area contributed by atoms with Crippen LogP contribution < -0.4 is 0 Å². The zero-order valence-electron chi connectivity index (χ0n) is 18.1. The van der Waals surface area contributed by atoms with Gasteiger partial charge in [0.1, 0.15) is 0 Å². The van der Waals surface area contributed by atoms with E-state index in [0.29, 0.717) is 18.9 Å². The molecule has 1 N–H and O–H groups in total. The first-order chi connectivity index (χ1) is 11.1. The number of carbonyl (C=O) groups excluding carboxylic acids is 1. The molecule has 2 unspecified atom stereocenters. The smallest absolute Gasteiger partial charge is 0.305 e. The number of hydrogen-bond acceptors (Lipinski definition) is 3. The molecule has 25 heavy (non-hydrogen) atoms. The van der Waals surface area contributed by atoms with Crippen molar-refractivity contribution in [2.75, 3.05) is 6.61 Å². The summed E-state index contributed by atoms with van der Waals surface area (Å²) in [6, 6.07) is 0. The Hall–Kier alpha value is -0.570. The summed E-state index contributed by atoms with van der Waals surface area (Å²) in [6.45, 7) is 20.0. The largest absolute Gasteiger partial charge is 0.465 e. The molecule has 1 aliphatic rings. The van der Waals surface area contributed by atoms with Gasteiger partial charge in [-0.1, -0.05) is 62.3 Å². The summed E-state index contributed by atoms with van der Waals surface area (Å²) in [6.07, 6.45) is 3.11. The Labute approximate surface area is 155 Å². The summed E-state index contributed by atoms with van der Waals surface area (Å²) < 4.78 is 5.42. The number of hydrogen-bond donors (Lipinski definition) is 1. The Morgan fingerprint density at radius 3 is 1.72 bits per heavy atom. The van der Waals surface area contributed by atoms with Crippen molar-refractivity contribution in [1.29, 1.82) is 0 Å². The topological polar surface area (TPSA) is 46.5 Å². The number of ether oxygens (including phenoxy) is 1. The molecule has 2 atom stereocenters. The molecule has 0 heterocycles. The van der Waals surface area contributed by atoms with E-state index in [-0.39, 0.29) is 40.2 Å². The molecule has 1 rings (SSSR count). The van der Waals surface area contributed by atoms with E-state index in [1.165, 1.54) is 0 Å². The van der Waals surface area contributed by atoms with Gasteiger partial charge in [0.25, 0.3) is 0 Å². The van der Waals surface area contributed by atoms with Gasteiger partial charge in [-0.2, -0.15) is 0 Å². The average Bonchev–Trinajstić information content (AvgIpc) is 2.40. The second kappa shape index (κ2) is 7.98. The van der Waals surface area contributed by atoms with E-state index >= 15 is 0 Å². The third-order valence-electron chi connectivity index (χ3n) is 5.65. The van der Waals surface area contributed by atoms with Crippen LogP contribution in [0.5, 0.6) is 0 Å². The van der Waals surface area contributed by atoms with Crippen molar-refractivity contribution in [3.05, 3.63) is 0 Å². The van der Waals surface area contributed by atoms with Gasteiger partial charge in [-0.15, -0.1) is 0 Å². The zero-order chi connectivity index (χ0) is 19.6. The lowest BCUT2D eigenvalue weighted by Gasteiger charge is -2.49. The highest BCUT2D eigenvalue weighted by molar-refractivity contribution is 5.69. The molecule has 0 aliphatic heterocycles. The number of aliphatic hydroxyl groups excluding tert-OH is 1. The Bertz CT molecular complexity index is 410. The van der Waals surface area contributed by atoms with Crippen LogP contribution in [0.4, 0.5) is 0 Å². The molecular formula is C22H42O3. The van der Waals surface area contributed by atoms with Crippen molar-refractivity contribution in [1.82, 2.24) is 0 Å². The first-order valence-corrected chi connectivity index (χ1v) is 9.95. The van der Waals surface area contributed by atoms with Gasteiger partial charge in [0, 0.05) is 6.42 Å². The summed E-state index contributed by atoms with van der Waals surface area (Å²) in [5.41, 5.74) is 0.169. The molecule has 0 bridgehead atoms. The maximum atomic E-state index is 12.1. The Morgan fingerprint density at radius 2 is 1.36 bits per heavy atom. The first-order valence-electron chi connectivity index (χ1n) is 9.95. The molecule has 0 spiro atoms. The highest BCUT2D eigenvalue weighted by Crippen LogP contribution is 2.49. The standard InChI is InChI=1S/C22H42O3/c1-20(2,3)14-25-18(23)11-10-15-12-16(21(4,5)6)19(24)17(13-15)22(7,8)9/h15-17,19,24H,10-14H2,1-9H3. The van der Waals surface area contributed by atoms with Crippen molar-refractivity contribution in [3.8, 4) is 0 Å². The summed E-state index contributed by atoms with van der Waals surface area (Å²) >= 11 is 0. The van der Waals surface area contributed by atoms with Crippen molar-refractivity contribution in [2.24, 2.45) is 34.0 Å². The maximum Gasteiger partial charge on any atom is 0.305 e. The van der Waals surface area contributed by atoms with Gasteiger partial charge in [0.15, 0.2) is 0 Å². The van der Waals surface area contributed by atoms with Gasteiger partial charge in [0.2, 0.25) is 0 Å². The lowest BCUT2D eigenvalue weighted by molar-refractivity contribution is -0.147. The van der Waals surface area contributed by atoms with Crippen LogP contribution in [-0.4, -0.2) is 23.8 Å². The Balaban J connectivity index is 2.71. The van der Waals surface area contributed by atoms with E-state index in [9.17, 15) is 9.90 Å². The van der Waals surface area contributed by atoms with Crippen molar-refractivity contribution < 1.29 is 14.6 Å². The fourth-order valence-corrected chi connectivity index (χ4v) is 4.03. The molecule has 0 amide bonds. The van der Waals surface area contributed by atoms with Crippen LogP contribution in [0, 0.1) is 34.0 Å². The summed E-state index contributed by atoms with van der Waals surface area (Å²) in [5, 5.41) is 11.0. The molecule has 0 radical (unpaired) electrons. The minimum atomic E-state index is -0.260. The predicted octanol–water partition coefficient (Wildman–Crippen LogP) is 5.45. The number of rotatable bonds is 4. The molecule has 0 aromatic carbocycles. The maximum absolute atomic E-state index is 12.1. The van der Waals surface area contributed by atoms with Gasteiger partial charge in [-0.05, 0) is 53.3 Å². The van der Waals surface area contributed by atoms with Gasteiger partial charge in [-0.3, -0.25) is 4.79 Å². The van der Waals surface area contributed by atoms with Crippen molar-refractivity contribution in [3.63, 3.8) is 0 Å².